The molecule has 0 aliphatic carbocycles. The van der Waals surface area contributed by atoms with Crippen LogP contribution in [0.25, 0.3) is 43.4 Å². The number of aromatic nitrogens is 2. The number of benzene rings is 3. The highest BCUT2D eigenvalue weighted by Crippen LogP contribution is 2.40. The molecule has 2 nitrogen and oxygen atoms in total. The molecule has 2 heteroatoms. The molecule has 0 bridgehead atoms. The maximum Gasteiger partial charge on any atom is 0.0640 e. The second-order valence-electron chi connectivity index (χ2n) is 4.87. The van der Waals surface area contributed by atoms with Gasteiger partial charge in [0.05, 0.1) is 11.0 Å². The van der Waals surface area contributed by atoms with Gasteiger partial charge in [0.25, 0.3) is 0 Å². The van der Waals surface area contributed by atoms with Crippen LogP contribution in [0.1, 0.15) is 0 Å². The summed E-state index contributed by atoms with van der Waals surface area (Å²) in [6.07, 6.45) is 0. The van der Waals surface area contributed by atoms with Gasteiger partial charge in [0, 0.05) is 10.8 Å². The molecule has 1 aromatic heterocycles. The summed E-state index contributed by atoms with van der Waals surface area (Å²) < 4.78 is 0. The molecule has 0 fully saturated rings. The zero-order chi connectivity index (χ0) is 11.7. The predicted octanol–water partition coefficient (Wildman–Crippen LogP) is 4.39. The lowest BCUT2D eigenvalue weighted by Crippen LogP contribution is -1.72. The fourth-order valence-electron chi connectivity index (χ4n) is 3.24. The van der Waals surface area contributed by atoms with E-state index < -0.39 is 0 Å². The number of nitrogens with one attached hydrogen (secondary N) is 2. The first kappa shape index (κ1) is 8.59. The van der Waals surface area contributed by atoms with Crippen molar-refractivity contribution >= 4 is 43.4 Å². The SMILES string of the molecule is c1ccc2c(c1)c1ccc3[nH][nH]c4ccc2c1c34. The minimum atomic E-state index is 1.18. The summed E-state index contributed by atoms with van der Waals surface area (Å²) in [5.74, 6) is 0. The van der Waals surface area contributed by atoms with Crippen LogP contribution in [0, 0.1) is 0 Å². The van der Waals surface area contributed by atoms with Gasteiger partial charge in [0.1, 0.15) is 0 Å². The maximum absolute atomic E-state index is 3.23. The highest BCUT2D eigenvalue weighted by Gasteiger charge is 2.14. The molecule has 2 N–H and O–H groups in total. The van der Waals surface area contributed by atoms with Gasteiger partial charge in [-0.05, 0) is 33.7 Å². The van der Waals surface area contributed by atoms with E-state index in [4.69, 9.17) is 0 Å². The van der Waals surface area contributed by atoms with Crippen LogP contribution >= 0.6 is 0 Å². The summed E-state index contributed by atoms with van der Waals surface area (Å²) in [5, 5.41) is 14.6. The minimum absolute atomic E-state index is 1.18. The molecule has 5 aromatic rings. The quantitative estimate of drug-likeness (QED) is 0.395. The number of hydrogen-bond donors (Lipinski definition) is 2. The van der Waals surface area contributed by atoms with Crippen molar-refractivity contribution in [3.8, 4) is 0 Å². The minimum Gasteiger partial charge on any atom is -0.300 e. The summed E-state index contributed by atoms with van der Waals surface area (Å²) >= 11 is 0. The van der Waals surface area contributed by atoms with Crippen LogP contribution < -0.4 is 0 Å². The largest absolute Gasteiger partial charge is 0.300 e. The van der Waals surface area contributed by atoms with Crippen molar-refractivity contribution in [2.45, 2.75) is 0 Å². The van der Waals surface area contributed by atoms with Gasteiger partial charge in [-0.15, -0.1) is 0 Å². The van der Waals surface area contributed by atoms with E-state index in [9.17, 15) is 0 Å². The zero-order valence-electron chi connectivity index (χ0n) is 9.62. The zero-order valence-corrected chi connectivity index (χ0v) is 9.62. The van der Waals surface area contributed by atoms with Crippen LogP contribution in [-0.4, -0.2) is 10.2 Å². The molecule has 0 radical (unpaired) electrons. The van der Waals surface area contributed by atoms with E-state index in [1.807, 2.05) is 0 Å². The summed E-state index contributed by atoms with van der Waals surface area (Å²) in [5.41, 5.74) is 2.36. The fourth-order valence-corrected chi connectivity index (χ4v) is 3.24. The third-order valence-electron chi connectivity index (χ3n) is 4.00. The summed E-state index contributed by atoms with van der Waals surface area (Å²) in [4.78, 5) is 0. The van der Waals surface area contributed by atoms with E-state index in [1.165, 1.54) is 43.4 Å². The van der Waals surface area contributed by atoms with Gasteiger partial charge in [0.2, 0.25) is 0 Å². The number of hydrogen-bond acceptors (Lipinski definition) is 0. The van der Waals surface area contributed by atoms with Crippen LogP contribution in [0.4, 0.5) is 0 Å². The number of rotatable bonds is 0. The lowest BCUT2D eigenvalue weighted by atomic mass is 10.1. The molecule has 84 valence electrons. The summed E-state index contributed by atoms with van der Waals surface area (Å²) in [6.45, 7) is 0. The average Bonchev–Trinajstić information content (AvgIpc) is 2.97. The lowest BCUT2D eigenvalue weighted by molar-refractivity contribution is 1.15. The van der Waals surface area contributed by atoms with Gasteiger partial charge in [-0.2, -0.15) is 0 Å². The fraction of sp³-hybridized carbons (Fsp3) is 0. The van der Waals surface area contributed by atoms with Crippen molar-refractivity contribution in [2.75, 3.05) is 0 Å². The third kappa shape index (κ3) is 0.798. The molecule has 0 aliphatic heterocycles. The van der Waals surface area contributed by atoms with E-state index in [-0.39, 0.29) is 0 Å². The molecule has 0 amide bonds. The van der Waals surface area contributed by atoms with Crippen molar-refractivity contribution in [1.29, 1.82) is 0 Å². The van der Waals surface area contributed by atoms with Gasteiger partial charge in [-0.25, -0.2) is 0 Å². The smallest absolute Gasteiger partial charge is 0.0640 e. The topological polar surface area (TPSA) is 31.6 Å². The van der Waals surface area contributed by atoms with Crippen LogP contribution in [0.5, 0.6) is 0 Å². The van der Waals surface area contributed by atoms with Crippen LogP contribution in [0.3, 0.4) is 0 Å². The van der Waals surface area contributed by atoms with Gasteiger partial charge in [-0.1, -0.05) is 36.4 Å². The molecule has 0 aliphatic rings. The van der Waals surface area contributed by atoms with Crippen molar-refractivity contribution in [2.24, 2.45) is 0 Å². The van der Waals surface area contributed by atoms with Crippen molar-refractivity contribution in [3.05, 3.63) is 48.5 Å². The third-order valence-corrected chi connectivity index (χ3v) is 4.00. The number of aromatic amines is 2. The molecule has 0 saturated carbocycles. The molecule has 4 aromatic carbocycles. The van der Waals surface area contributed by atoms with Crippen molar-refractivity contribution in [3.63, 3.8) is 0 Å². The molecule has 1 heterocycles. The molecule has 0 atom stereocenters. The molecular formula is C16H10N2. The first-order valence-corrected chi connectivity index (χ1v) is 6.15. The molecule has 5 rings (SSSR count). The average molecular weight is 230 g/mol. The second-order valence-corrected chi connectivity index (χ2v) is 4.87. The van der Waals surface area contributed by atoms with E-state index in [0.29, 0.717) is 0 Å². The van der Waals surface area contributed by atoms with Crippen molar-refractivity contribution in [1.82, 2.24) is 10.2 Å². The first-order chi connectivity index (χ1) is 8.93. The Balaban J connectivity index is 2.32. The lowest BCUT2D eigenvalue weighted by Gasteiger charge is -1.98. The second kappa shape index (κ2) is 2.67. The maximum atomic E-state index is 3.23. The van der Waals surface area contributed by atoms with Crippen LogP contribution in [0.2, 0.25) is 0 Å². The Morgan fingerprint density at radius 2 is 1.06 bits per heavy atom. The Morgan fingerprint density at radius 1 is 0.500 bits per heavy atom. The van der Waals surface area contributed by atoms with E-state index in [2.05, 4.69) is 58.7 Å². The highest BCUT2D eigenvalue weighted by molar-refractivity contribution is 6.34. The standard InChI is InChI=1S/C16H10N2/c1-2-4-10-9(3-1)11-5-7-13-16-14(18-17-13)8-6-12(10)15(11)16/h1-8,17-18H. The number of H-pyrrole nitrogens is 2. The normalized spacial score (nSPS) is 12.4. The van der Waals surface area contributed by atoms with Gasteiger partial charge in [0.15, 0.2) is 0 Å². The van der Waals surface area contributed by atoms with Crippen LogP contribution in [0.15, 0.2) is 48.5 Å². The molecule has 18 heavy (non-hydrogen) atoms. The van der Waals surface area contributed by atoms with Gasteiger partial charge >= 0.3 is 0 Å². The first-order valence-electron chi connectivity index (χ1n) is 6.15. The predicted molar refractivity (Wildman–Crippen MR) is 76.4 cm³/mol. The Labute approximate surface area is 103 Å². The van der Waals surface area contributed by atoms with E-state index in [0.717, 1.165) is 0 Å². The highest BCUT2D eigenvalue weighted by atomic mass is 15.1. The summed E-state index contributed by atoms with van der Waals surface area (Å²) in [6, 6.07) is 17.4. The number of fused-ring (bicyclic) bond motifs is 3. The Morgan fingerprint density at radius 3 is 1.61 bits per heavy atom. The Kier molecular flexibility index (Phi) is 1.27. The van der Waals surface area contributed by atoms with E-state index in [1.54, 1.807) is 0 Å². The van der Waals surface area contributed by atoms with Crippen LogP contribution in [-0.2, 0) is 0 Å². The van der Waals surface area contributed by atoms with Crippen molar-refractivity contribution < 1.29 is 0 Å². The van der Waals surface area contributed by atoms with Gasteiger partial charge in [-0.3, -0.25) is 0 Å². The molecule has 0 spiro atoms. The monoisotopic (exact) mass is 230 g/mol. The molecule has 0 saturated heterocycles. The summed E-state index contributed by atoms with van der Waals surface area (Å²) in [7, 11) is 0. The van der Waals surface area contributed by atoms with Gasteiger partial charge < -0.3 is 10.2 Å². The van der Waals surface area contributed by atoms with E-state index >= 15 is 0 Å². The molecule has 0 unspecified atom stereocenters. The Bertz CT molecular complexity index is 938. The Hall–Kier alpha value is -2.48. The molecular weight excluding hydrogens is 220 g/mol.